The zero-order chi connectivity index (χ0) is 16.7. The first-order valence-corrected chi connectivity index (χ1v) is 9.31. The molecule has 1 atom stereocenters. The number of allylic oxidation sites excluding steroid dienone is 2. The number of nitrogens with zero attached hydrogens (tertiary/aromatic N) is 1. The lowest BCUT2D eigenvalue weighted by molar-refractivity contribution is -0.117. The zero-order valence-electron chi connectivity index (χ0n) is 14.6. The summed E-state index contributed by atoms with van der Waals surface area (Å²) in [6, 6.07) is 0. The maximum atomic E-state index is 12.7. The number of carbonyl (C=O) groups is 1. The van der Waals surface area contributed by atoms with E-state index in [2.05, 4.69) is 5.16 Å². The lowest BCUT2D eigenvalue weighted by Crippen LogP contribution is -2.28. The number of hydrogen-bond donors (Lipinski definition) is 1. The maximum absolute atomic E-state index is 12.7. The van der Waals surface area contributed by atoms with Gasteiger partial charge >= 0.3 is 0 Å². The molecule has 1 fully saturated rings. The number of carbonyl (C=O) groups excluding carboxylic acids is 1. The van der Waals surface area contributed by atoms with Crippen LogP contribution in [0.25, 0.3) is 0 Å². The van der Waals surface area contributed by atoms with E-state index < -0.39 is 0 Å². The molecule has 1 N–H and O–H groups in total. The van der Waals surface area contributed by atoms with Crippen LogP contribution in [0.3, 0.4) is 0 Å². The number of Topliss-reactive ketones (excluding diaryl/α,β-unsaturated/α-hetero) is 1. The van der Waals surface area contributed by atoms with E-state index in [1.54, 1.807) is 0 Å². The third kappa shape index (κ3) is 4.82. The first-order valence-electron chi connectivity index (χ1n) is 9.31. The van der Waals surface area contributed by atoms with E-state index in [9.17, 15) is 9.90 Å². The molecular weight excluding hydrogens is 290 g/mol. The molecule has 4 nitrogen and oxygen atoms in total. The van der Waals surface area contributed by atoms with Crippen molar-refractivity contribution in [1.29, 1.82) is 0 Å². The molecule has 0 heterocycles. The average Bonchev–Trinajstić information content (AvgIpc) is 2.81. The van der Waals surface area contributed by atoms with E-state index in [0.717, 1.165) is 6.42 Å². The molecule has 2 aliphatic rings. The lowest BCUT2D eigenvalue weighted by atomic mass is 9.75. The Morgan fingerprint density at radius 1 is 1.13 bits per heavy atom. The molecule has 0 radical (unpaired) electrons. The minimum atomic E-state index is 0.0508. The minimum absolute atomic E-state index is 0.0508. The fourth-order valence-corrected chi connectivity index (χ4v) is 3.96. The first kappa shape index (κ1) is 18.0. The van der Waals surface area contributed by atoms with Crippen LogP contribution in [0.15, 0.2) is 16.5 Å². The van der Waals surface area contributed by atoms with Crippen LogP contribution >= 0.6 is 0 Å². The highest BCUT2D eigenvalue weighted by Gasteiger charge is 2.34. The van der Waals surface area contributed by atoms with Gasteiger partial charge in [0.25, 0.3) is 0 Å². The highest BCUT2D eigenvalue weighted by Crippen LogP contribution is 2.38. The molecule has 23 heavy (non-hydrogen) atoms. The Morgan fingerprint density at radius 2 is 1.83 bits per heavy atom. The Labute approximate surface area is 140 Å². The van der Waals surface area contributed by atoms with Crippen LogP contribution in [0.1, 0.15) is 78.1 Å². The van der Waals surface area contributed by atoms with Crippen molar-refractivity contribution < 1.29 is 14.7 Å². The number of aliphatic hydroxyl groups excluding tert-OH is 1. The van der Waals surface area contributed by atoms with Crippen LogP contribution in [0.5, 0.6) is 0 Å². The van der Waals surface area contributed by atoms with E-state index in [4.69, 9.17) is 4.84 Å². The molecule has 0 spiro atoms. The molecular formula is C19H31NO3. The van der Waals surface area contributed by atoms with Crippen LogP contribution in [0.2, 0.25) is 0 Å². The summed E-state index contributed by atoms with van der Waals surface area (Å²) in [7, 11) is 0. The smallest absolute Gasteiger partial charge is 0.168 e. The van der Waals surface area contributed by atoms with Crippen LogP contribution in [-0.4, -0.2) is 23.2 Å². The van der Waals surface area contributed by atoms with Crippen molar-refractivity contribution in [1.82, 2.24) is 0 Å². The molecule has 2 rings (SSSR count). The third-order valence-electron chi connectivity index (χ3n) is 5.12. The average molecular weight is 321 g/mol. The predicted octanol–water partition coefficient (Wildman–Crippen LogP) is 4.94. The Bertz CT molecular complexity index is 459. The van der Waals surface area contributed by atoms with Crippen molar-refractivity contribution in [3.63, 3.8) is 0 Å². The van der Waals surface area contributed by atoms with Gasteiger partial charge in [0.15, 0.2) is 5.78 Å². The topological polar surface area (TPSA) is 58.9 Å². The number of ketones is 1. The fraction of sp³-hybridized carbons (Fsp3) is 0.789. The summed E-state index contributed by atoms with van der Waals surface area (Å²) in [6.07, 6.45) is 10.3. The molecule has 130 valence electrons. The molecule has 0 aromatic rings. The van der Waals surface area contributed by atoms with E-state index in [1.807, 2.05) is 13.8 Å². The highest BCUT2D eigenvalue weighted by molar-refractivity contribution is 6.23. The van der Waals surface area contributed by atoms with Gasteiger partial charge in [0.05, 0.1) is 11.3 Å². The maximum Gasteiger partial charge on any atom is 0.168 e. The standard InChI is InChI=1S/C19H31NO3/c1-3-9-16(20-23-4-2)19-17(21)12-15(13-18(19)22)14-10-7-5-6-8-11-14/h14-15,21H,3-13H2,1-2H3/b20-16+. The number of rotatable bonds is 6. The summed E-state index contributed by atoms with van der Waals surface area (Å²) in [6.45, 7) is 4.38. The summed E-state index contributed by atoms with van der Waals surface area (Å²) in [5, 5.41) is 14.6. The van der Waals surface area contributed by atoms with Gasteiger partial charge in [-0.2, -0.15) is 0 Å². The molecule has 1 unspecified atom stereocenters. The van der Waals surface area contributed by atoms with Crippen molar-refractivity contribution in [2.45, 2.75) is 78.1 Å². The first-order chi connectivity index (χ1) is 11.2. The molecule has 0 amide bonds. The van der Waals surface area contributed by atoms with Gasteiger partial charge in [-0.05, 0) is 25.2 Å². The fourth-order valence-electron chi connectivity index (χ4n) is 3.96. The number of aliphatic hydroxyl groups is 1. The lowest BCUT2D eigenvalue weighted by Gasteiger charge is -2.30. The normalized spacial score (nSPS) is 24.7. The van der Waals surface area contributed by atoms with Crippen molar-refractivity contribution in [2.75, 3.05) is 6.61 Å². The van der Waals surface area contributed by atoms with Gasteiger partial charge in [0.1, 0.15) is 12.4 Å². The quantitative estimate of drug-likeness (QED) is 0.428. The molecule has 1 saturated carbocycles. The Kier molecular flexibility index (Phi) is 7.13. The second kappa shape index (κ2) is 9.09. The van der Waals surface area contributed by atoms with Crippen molar-refractivity contribution in [2.24, 2.45) is 17.0 Å². The van der Waals surface area contributed by atoms with Crippen LogP contribution < -0.4 is 0 Å². The molecule has 2 aliphatic carbocycles. The molecule has 0 aromatic carbocycles. The van der Waals surface area contributed by atoms with Gasteiger partial charge in [-0.1, -0.05) is 57.0 Å². The van der Waals surface area contributed by atoms with Crippen molar-refractivity contribution in [3.05, 3.63) is 11.3 Å². The summed E-state index contributed by atoms with van der Waals surface area (Å²) in [5.74, 6) is 1.18. The molecule has 4 heteroatoms. The second-order valence-electron chi connectivity index (χ2n) is 6.87. The van der Waals surface area contributed by atoms with Gasteiger partial charge in [-0.3, -0.25) is 4.79 Å². The largest absolute Gasteiger partial charge is 0.511 e. The molecule has 0 aromatic heterocycles. The zero-order valence-corrected chi connectivity index (χ0v) is 14.6. The second-order valence-corrected chi connectivity index (χ2v) is 6.87. The summed E-state index contributed by atoms with van der Waals surface area (Å²) in [5.41, 5.74) is 1.06. The number of oxime groups is 1. The molecule has 0 bridgehead atoms. The third-order valence-corrected chi connectivity index (χ3v) is 5.12. The SMILES string of the molecule is CCC/C(=N\OCC)C1=C(O)CC(C2CCCCCC2)CC1=O. The molecule has 0 aliphatic heterocycles. The van der Waals surface area contributed by atoms with E-state index in [0.29, 0.717) is 49.0 Å². The van der Waals surface area contributed by atoms with Gasteiger partial charge in [0.2, 0.25) is 0 Å². The van der Waals surface area contributed by atoms with Crippen LogP contribution in [-0.2, 0) is 9.63 Å². The Morgan fingerprint density at radius 3 is 2.39 bits per heavy atom. The monoisotopic (exact) mass is 321 g/mol. The minimum Gasteiger partial charge on any atom is -0.511 e. The summed E-state index contributed by atoms with van der Waals surface area (Å²) >= 11 is 0. The Hall–Kier alpha value is -1.32. The molecule has 0 saturated heterocycles. The van der Waals surface area contributed by atoms with Gasteiger partial charge < -0.3 is 9.94 Å². The number of hydrogen-bond acceptors (Lipinski definition) is 4. The van der Waals surface area contributed by atoms with Crippen LogP contribution in [0, 0.1) is 11.8 Å². The van der Waals surface area contributed by atoms with Gasteiger partial charge in [-0.25, -0.2) is 0 Å². The summed E-state index contributed by atoms with van der Waals surface area (Å²) in [4.78, 5) is 17.8. The van der Waals surface area contributed by atoms with Gasteiger partial charge in [-0.15, -0.1) is 0 Å². The Balaban J connectivity index is 2.15. The van der Waals surface area contributed by atoms with Crippen molar-refractivity contribution >= 4 is 11.5 Å². The van der Waals surface area contributed by atoms with E-state index in [-0.39, 0.29) is 11.5 Å². The summed E-state index contributed by atoms with van der Waals surface area (Å²) < 4.78 is 0. The van der Waals surface area contributed by atoms with Gasteiger partial charge in [0, 0.05) is 12.8 Å². The highest BCUT2D eigenvalue weighted by atomic mass is 16.6. The predicted molar refractivity (Wildman–Crippen MR) is 92.5 cm³/mol. The van der Waals surface area contributed by atoms with Crippen molar-refractivity contribution in [3.8, 4) is 0 Å². The van der Waals surface area contributed by atoms with E-state index >= 15 is 0 Å². The van der Waals surface area contributed by atoms with Crippen LogP contribution in [0.4, 0.5) is 0 Å². The van der Waals surface area contributed by atoms with E-state index in [1.165, 1.54) is 38.5 Å².